The van der Waals surface area contributed by atoms with Gasteiger partial charge in [0.15, 0.2) is 12.1 Å². The van der Waals surface area contributed by atoms with Crippen molar-refractivity contribution in [2.24, 2.45) is 0 Å². The highest BCUT2D eigenvalue weighted by atomic mass is 35.5. The Hall–Kier alpha value is -3.59. The predicted octanol–water partition coefficient (Wildman–Crippen LogP) is 2.05. The molecule has 0 radical (unpaired) electrons. The lowest BCUT2D eigenvalue weighted by Gasteiger charge is -2.44. The zero-order chi connectivity index (χ0) is 32.9. The van der Waals surface area contributed by atoms with Crippen molar-refractivity contribution in [3.63, 3.8) is 0 Å². The fourth-order valence-electron chi connectivity index (χ4n) is 6.86. The molecule has 3 aromatic carbocycles. The summed E-state index contributed by atoms with van der Waals surface area (Å²) < 4.78 is 17.6. The first-order valence-corrected chi connectivity index (χ1v) is 15.1. The number of phenolic OH excluding ortho intramolecular Hbond substituents is 2. The number of aromatic hydroxyl groups is 2. The lowest BCUT2D eigenvalue weighted by molar-refractivity contribution is -0.254. The maximum absolute atomic E-state index is 13.9. The van der Waals surface area contributed by atoms with Gasteiger partial charge in [-0.1, -0.05) is 42.5 Å². The molecule has 1 saturated heterocycles. The number of carbonyl (C=O) groups is 2. The van der Waals surface area contributed by atoms with Crippen molar-refractivity contribution in [1.82, 2.24) is 5.32 Å². The van der Waals surface area contributed by atoms with Crippen molar-refractivity contribution in [3.8, 4) is 17.2 Å². The average molecular weight is 672 g/mol. The van der Waals surface area contributed by atoms with Crippen molar-refractivity contribution in [2.45, 2.75) is 75.1 Å². The summed E-state index contributed by atoms with van der Waals surface area (Å²) in [6, 6.07) is 13.6. The minimum absolute atomic E-state index is 0. The summed E-state index contributed by atoms with van der Waals surface area (Å²) in [5.74, 6) is -2.64. The van der Waals surface area contributed by atoms with Gasteiger partial charge in [0.25, 0.3) is 0 Å². The molecule has 0 spiro atoms. The lowest BCUT2D eigenvalue weighted by Crippen LogP contribution is -2.54. The lowest BCUT2D eigenvalue weighted by atomic mass is 9.71. The van der Waals surface area contributed by atoms with E-state index >= 15 is 0 Å². The van der Waals surface area contributed by atoms with E-state index in [-0.39, 0.29) is 53.3 Å². The van der Waals surface area contributed by atoms with Gasteiger partial charge >= 0.3 is 0 Å². The molecule has 0 bridgehead atoms. The first kappa shape index (κ1) is 34.7. The van der Waals surface area contributed by atoms with Crippen LogP contribution in [0.4, 0.5) is 0 Å². The first-order valence-electron chi connectivity index (χ1n) is 15.1. The average Bonchev–Trinajstić information content (AvgIpc) is 3.05. The van der Waals surface area contributed by atoms with Crippen molar-refractivity contribution < 1.29 is 54.4 Å². The number of aliphatic hydroxyl groups excluding tert-OH is 3. The minimum Gasteiger partial charge on any atom is -0.507 e. The highest BCUT2D eigenvalue weighted by molar-refractivity contribution is 6.31. The van der Waals surface area contributed by atoms with E-state index in [0.29, 0.717) is 6.54 Å². The number of nitrogens with one attached hydrogen (secondary N) is 1. The number of halogens is 1. The summed E-state index contributed by atoms with van der Waals surface area (Å²) in [6.07, 6.45) is -6.24. The molecule has 13 heteroatoms. The van der Waals surface area contributed by atoms with Crippen LogP contribution in [-0.4, -0.2) is 92.2 Å². The van der Waals surface area contributed by atoms with Gasteiger partial charge in [0.2, 0.25) is 5.78 Å². The number of hydrogen-bond acceptors (Lipinski definition) is 12. The van der Waals surface area contributed by atoms with E-state index in [1.165, 1.54) is 25.3 Å². The van der Waals surface area contributed by atoms with Gasteiger partial charge in [-0.3, -0.25) is 9.59 Å². The van der Waals surface area contributed by atoms with Crippen molar-refractivity contribution in [1.29, 1.82) is 0 Å². The number of hydrogen-bond donors (Lipinski definition) is 7. The third kappa shape index (κ3) is 6.00. The van der Waals surface area contributed by atoms with Gasteiger partial charge in [-0.15, -0.1) is 12.4 Å². The maximum Gasteiger partial charge on any atom is 0.202 e. The fourth-order valence-corrected chi connectivity index (χ4v) is 6.86. The Morgan fingerprint density at radius 1 is 1.02 bits per heavy atom. The Balaban J connectivity index is 0.00000433. The van der Waals surface area contributed by atoms with Crippen LogP contribution < -0.4 is 10.1 Å². The Morgan fingerprint density at radius 3 is 2.40 bits per heavy atom. The predicted molar refractivity (Wildman–Crippen MR) is 169 cm³/mol. The molecule has 0 saturated carbocycles. The summed E-state index contributed by atoms with van der Waals surface area (Å²) in [4.78, 5) is 27.5. The molecule has 47 heavy (non-hydrogen) atoms. The molecule has 0 amide bonds. The number of rotatable bonds is 8. The van der Waals surface area contributed by atoms with Gasteiger partial charge in [-0.2, -0.15) is 0 Å². The van der Waals surface area contributed by atoms with E-state index in [1.54, 1.807) is 6.92 Å². The molecule has 1 aliphatic heterocycles. The van der Waals surface area contributed by atoms with E-state index in [1.807, 2.05) is 30.3 Å². The molecule has 3 aliphatic rings. The number of carbonyl (C=O) groups excluding carboxylic acids is 2. The van der Waals surface area contributed by atoms with Gasteiger partial charge in [-0.05, 0) is 18.6 Å². The van der Waals surface area contributed by atoms with Crippen LogP contribution in [0.5, 0.6) is 17.2 Å². The summed E-state index contributed by atoms with van der Waals surface area (Å²) >= 11 is 0. The topological polar surface area (TPSA) is 195 Å². The SMILES string of the molecule is COc1cccc2c1C(=O)c1c(O)c3c(c(O)c1C2=O)CC(O)(C(O)CO)CC3OC1CC(NCc2ccccc2)C(O)C(C)O1.Cl. The van der Waals surface area contributed by atoms with Crippen LogP contribution in [-0.2, 0) is 22.4 Å². The van der Waals surface area contributed by atoms with Gasteiger partial charge in [-0.25, -0.2) is 0 Å². The van der Waals surface area contributed by atoms with Gasteiger partial charge in [0.05, 0.1) is 54.3 Å². The molecule has 7 atom stereocenters. The first-order chi connectivity index (χ1) is 22.0. The Kier molecular flexibility index (Phi) is 9.97. The number of ether oxygens (including phenoxy) is 3. The summed E-state index contributed by atoms with van der Waals surface area (Å²) in [7, 11) is 1.34. The number of fused-ring (bicyclic) bond motifs is 3. The van der Waals surface area contributed by atoms with E-state index in [2.05, 4.69) is 5.32 Å². The van der Waals surface area contributed by atoms with Gasteiger partial charge in [0, 0.05) is 48.5 Å². The summed E-state index contributed by atoms with van der Waals surface area (Å²) in [6.45, 7) is 1.31. The highest BCUT2D eigenvalue weighted by Gasteiger charge is 2.50. The second-order valence-corrected chi connectivity index (χ2v) is 12.2. The van der Waals surface area contributed by atoms with Crippen molar-refractivity contribution in [3.05, 3.63) is 87.5 Å². The van der Waals surface area contributed by atoms with Crippen LogP contribution in [0, 0.1) is 0 Å². The summed E-state index contributed by atoms with van der Waals surface area (Å²) in [5.41, 5.74) is -2.20. The van der Waals surface area contributed by atoms with E-state index < -0.39 is 89.6 Å². The Labute approximate surface area is 276 Å². The normalized spacial score (nSPS) is 27.2. The molecule has 2 aliphatic carbocycles. The molecule has 3 aromatic rings. The molecule has 6 rings (SSSR count). The number of benzene rings is 3. The third-order valence-corrected chi connectivity index (χ3v) is 9.33. The maximum atomic E-state index is 13.9. The minimum atomic E-state index is -2.06. The van der Waals surface area contributed by atoms with E-state index in [0.717, 1.165) is 5.56 Å². The molecule has 1 fully saturated rings. The van der Waals surface area contributed by atoms with Crippen molar-refractivity contribution >= 4 is 24.0 Å². The second kappa shape index (κ2) is 13.5. The van der Waals surface area contributed by atoms with E-state index in [4.69, 9.17) is 14.2 Å². The van der Waals surface area contributed by atoms with Crippen LogP contribution in [0.25, 0.3) is 0 Å². The number of ketones is 2. The van der Waals surface area contributed by atoms with Crippen LogP contribution in [0.2, 0.25) is 0 Å². The fraction of sp³-hybridized carbons (Fsp3) is 0.412. The monoisotopic (exact) mass is 671 g/mol. The smallest absolute Gasteiger partial charge is 0.202 e. The zero-order valence-corrected chi connectivity index (χ0v) is 26.6. The van der Waals surface area contributed by atoms with E-state index in [9.17, 15) is 40.2 Å². The quantitative estimate of drug-likeness (QED) is 0.135. The standard InChI is InChI=1S/C34H37NO11.ClH/c1-16-29(38)20(35-14-17-7-4-3-5-8-17)11-24(45-16)46-22-13-34(43,23(37)15-36)12-19-26(22)33(42)28-27(31(19)40)30(39)18-9-6-10-21(44-2)25(18)32(28)41;/h3-10,16,20,22-24,29,35-38,40,42-43H,11-15H2,1-2H3;1H. The Morgan fingerprint density at radius 2 is 1.72 bits per heavy atom. The van der Waals surface area contributed by atoms with Crippen LogP contribution in [0.1, 0.15) is 74.4 Å². The molecule has 7 unspecified atom stereocenters. The molecule has 1 heterocycles. The third-order valence-electron chi connectivity index (χ3n) is 9.33. The number of phenols is 2. The van der Waals surface area contributed by atoms with Crippen LogP contribution >= 0.6 is 12.4 Å². The van der Waals surface area contributed by atoms with Gasteiger partial charge < -0.3 is 50.2 Å². The molecular formula is C34H38ClNO11. The zero-order valence-electron chi connectivity index (χ0n) is 25.8. The Bertz CT molecular complexity index is 1670. The van der Waals surface area contributed by atoms with Crippen molar-refractivity contribution in [2.75, 3.05) is 13.7 Å². The van der Waals surface area contributed by atoms with Gasteiger partial charge in [0.1, 0.15) is 23.4 Å². The molecular weight excluding hydrogens is 634 g/mol. The number of methoxy groups -OCH3 is 1. The molecule has 0 aromatic heterocycles. The van der Waals surface area contributed by atoms with Crippen LogP contribution in [0.15, 0.2) is 48.5 Å². The second-order valence-electron chi connectivity index (χ2n) is 12.2. The molecule has 252 valence electrons. The molecule has 7 N–H and O–H groups in total. The number of aliphatic hydroxyl groups is 4. The van der Waals surface area contributed by atoms with Crippen LogP contribution in [0.3, 0.4) is 0 Å². The highest BCUT2D eigenvalue weighted by Crippen LogP contribution is 2.53. The summed E-state index contributed by atoms with van der Waals surface area (Å²) in [5, 5.41) is 69.5. The molecule has 12 nitrogen and oxygen atoms in total. The largest absolute Gasteiger partial charge is 0.507 e.